The first-order valence-electron chi connectivity index (χ1n) is 7.37. The van der Waals surface area contributed by atoms with Crippen LogP contribution in [-0.4, -0.2) is 37.8 Å². The minimum absolute atomic E-state index is 0.0625. The number of rotatable bonds is 4. The predicted molar refractivity (Wildman–Crippen MR) is 86.0 cm³/mol. The Labute approximate surface area is 129 Å². The average molecular weight is 297 g/mol. The van der Waals surface area contributed by atoms with Crippen molar-refractivity contribution in [1.29, 1.82) is 0 Å². The van der Waals surface area contributed by atoms with Gasteiger partial charge < -0.3 is 10.1 Å². The number of benzene rings is 1. The van der Waals surface area contributed by atoms with E-state index in [0.29, 0.717) is 19.7 Å². The maximum Gasteiger partial charge on any atom is 0.321 e. The second-order valence-corrected chi connectivity index (χ2v) is 5.21. The van der Waals surface area contributed by atoms with Gasteiger partial charge in [0.25, 0.3) is 0 Å². The number of anilines is 1. The summed E-state index contributed by atoms with van der Waals surface area (Å²) < 4.78 is 4.95. The Morgan fingerprint density at radius 1 is 1.27 bits per heavy atom. The lowest BCUT2D eigenvalue weighted by Gasteiger charge is -2.18. The maximum absolute atomic E-state index is 12.2. The highest BCUT2D eigenvalue weighted by atomic mass is 16.5. The number of pyridine rings is 1. The number of hydrogen-bond donors (Lipinski definition) is 1. The largest absolute Gasteiger partial charge is 0.383 e. The van der Waals surface area contributed by atoms with E-state index >= 15 is 0 Å². The van der Waals surface area contributed by atoms with Crippen LogP contribution in [0.3, 0.4) is 0 Å². The van der Waals surface area contributed by atoms with Crippen molar-refractivity contribution in [1.82, 2.24) is 10.3 Å². The second kappa shape index (κ2) is 6.58. The van der Waals surface area contributed by atoms with Gasteiger partial charge in [0.05, 0.1) is 6.61 Å². The highest BCUT2D eigenvalue weighted by Gasteiger charge is 2.24. The number of nitrogens with zero attached hydrogens (tertiary/aromatic N) is 2. The topological polar surface area (TPSA) is 54.5 Å². The highest BCUT2D eigenvalue weighted by Crippen LogP contribution is 2.32. The summed E-state index contributed by atoms with van der Waals surface area (Å²) in [5.41, 5.74) is 4.49. The van der Waals surface area contributed by atoms with Crippen LogP contribution in [0.5, 0.6) is 0 Å². The van der Waals surface area contributed by atoms with Crippen molar-refractivity contribution >= 4 is 11.7 Å². The number of nitrogens with one attached hydrogen (secondary N) is 1. The van der Waals surface area contributed by atoms with E-state index in [1.807, 2.05) is 18.2 Å². The van der Waals surface area contributed by atoms with Gasteiger partial charge in [-0.1, -0.05) is 6.07 Å². The molecule has 0 fully saturated rings. The predicted octanol–water partition coefficient (Wildman–Crippen LogP) is 2.47. The molecule has 2 amide bonds. The highest BCUT2D eigenvalue weighted by molar-refractivity contribution is 5.94. The van der Waals surface area contributed by atoms with E-state index in [2.05, 4.69) is 22.4 Å². The summed E-state index contributed by atoms with van der Waals surface area (Å²) >= 11 is 0. The van der Waals surface area contributed by atoms with Gasteiger partial charge in [0.2, 0.25) is 0 Å². The van der Waals surface area contributed by atoms with Gasteiger partial charge >= 0.3 is 6.03 Å². The lowest BCUT2D eigenvalue weighted by molar-refractivity contribution is 0.197. The van der Waals surface area contributed by atoms with Crippen LogP contribution in [0, 0.1) is 0 Å². The van der Waals surface area contributed by atoms with E-state index in [4.69, 9.17) is 4.74 Å². The van der Waals surface area contributed by atoms with E-state index in [1.165, 1.54) is 5.56 Å². The summed E-state index contributed by atoms with van der Waals surface area (Å²) in [5.74, 6) is 0. The van der Waals surface area contributed by atoms with Gasteiger partial charge in [-0.15, -0.1) is 0 Å². The maximum atomic E-state index is 12.2. The molecule has 2 aromatic rings. The quantitative estimate of drug-likeness (QED) is 0.882. The molecule has 0 spiro atoms. The molecule has 1 N–H and O–H groups in total. The first-order valence-corrected chi connectivity index (χ1v) is 7.37. The smallest absolute Gasteiger partial charge is 0.321 e. The zero-order valence-electron chi connectivity index (χ0n) is 12.6. The molecular formula is C17H19N3O2. The number of hydrogen-bond acceptors (Lipinski definition) is 3. The van der Waals surface area contributed by atoms with Crippen LogP contribution >= 0.6 is 0 Å². The Morgan fingerprint density at radius 3 is 2.86 bits per heavy atom. The molecule has 5 nitrogen and oxygen atoms in total. The van der Waals surface area contributed by atoms with Crippen molar-refractivity contribution in [3.63, 3.8) is 0 Å². The zero-order valence-corrected chi connectivity index (χ0v) is 12.6. The molecule has 0 bridgehead atoms. The van der Waals surface area contributed by atoms with Crippen LogP contribution in [0.4, 0.5) is 10.5 Å². The second-order valence-electron chi connectivity index (χ2n) is 5.21. The Morgan fingerprint density at radius 2 is 2.09 bits per heavy atom. The van der Waals surface area contributed by atoms with Crippen molar-refractivity contribution in [3.8, 4) is 11.1 Å². The third kappa shape index (κ3) is 2.94. The minimum Gasteiger partial charge on any atom is -0.383 e. The van der Waals surface area contributed by atoms with Crippen molar-refractivity contribution in [2.24, 2.45) is 0 Å². The fraction of sp³-hybridized carbons (Fsp3) is 0.294. The van der Waals surface area contributed by atoms with Crippen LogP contribution in [0.1, 0.15) is 5.56 Å². The van der Waals surface area contributed by atoms with Gasteiger partial charge in [0.15, 0.2) is 0 Å². The molecule has 0 atom stereocenters. The number of urea groups is 1. The normalized spacial score (nSPS) is 13.0. The Hall–Kier alpha value is -2.40. The molecule has 0 aliphatic carbocycles. The molecule has 2 heterocycles. The summed E-state index contributed by atoms with van der Waals surface area (Å²) in [6.07, 6.45) is 4.46. The Bertz CT molecular complexity index is 658. The molecular weight excluding hydrogens is 278 g/mol. The molecule has 0 unspecified atom stereocenters. The lowest BCUT2D eigenvalue weighted by atomic mass is 10.0. The first kappa shape index (κ1) is 14.5. The van der Waals surface area contributed by atoms with Gasteiger partial charge in [-0.3, -0.25) is 9.88 Å². The molecule has 5 heteroatoms. The third-order valence-corrected chi connectivity index (χ3v) is 3.82. The van der Waals surface area contributed by atoms with Crippen LogP contribution in [0.15, 0.2) is 42.7 Å². The van der Waals surface area contributed by atoms with Gasteiger partial charge in [0, 0.05) is 38.3 Å². The summed E-state index contributed by atoms with van der Waals surface area (Å²) in [7, 11) is 1.62. The van der Waals surface area contributed by atoms with Gasteiger partial charge in [-0.25, -0.2) is 4.79 Å². The number of fused-ring (bicyclic) bond motifs is 1. The number of amides is 2. The van der Waals surface area contributed by atoms with Gasteiger partial charge in [0.1, 0.15) is 0 Å². The van der Waals surface area contributed by atoms with E-state index in [1.54, 1.807) is 24.4 Å². The summed E-state index contributed by atoms with van der Waals surface area (Å²) in [5, 5.41) is 2.87. The van der Waals surface area contributed by atoms with Crippen molar-refractivity contribution in [3.05, 3.63) is 48.3 Å². The molecule has 22 heavy (non-hydrogen) atoms. The number of methoxy groups -OCH3 is 1. The Kier molecular flexibility index (Phi) is 4.34. The SMILES string of the molecule is COCCNC(=O)N1CCc2cc(-c3ccncc3)ccc21. The van der Waals surface area contributed by atoms with Crippen molar-refractivity contribution in [2.45, 2.75) is 6.42 Å². The van der Waals surface area contributed by atoms with Crippen LogP contribution in [-0.2, 0) is 11.2 Å². The monoisotopic (exact) mass is 297 g/mol. The molecule has 1 aromatic carbocycles. The molecule has 1 aliphatic rings. The number of ether oxygens (including phenoxy) is 1. The fourth-order valence-corrected chi connectivity index (χ4v) is 2.69. The van der Waals surface area contributed by atoms with Crippen LogP contribution in [0.2, 0.25) is 0 Å². The van der Waals surface area contributed by atoms with Crippen molar-refractivity contribution < 1.29 is 9.53 Å². The third-order valence-electron chi connectivity index (χ3n) is 3.82. The fourth-order valence-electron chi connectivity index (χ4n) is 2.69. The molecule has 0 saturated carbocycles. The lowest BCUT2D eigenvalue weighted by Crippen LogP contribution is -2.40. The van der Waals surface area contributed by atoms with Crippen molar-refractivity contribution in [2.75, 3.05) is 31.7 Å². The molecule has 0 saturated heterocycles. The van der Waals surface area contributed by atoms with E-state index < -0.39 is 0 Å². The molecule has 114 valence electrons. The van der Waals surface area contributed by atoms with Gasteiger partial charge in [-0.05, 0) is 47.4 Å². The molecule has 0 radical (unpaired) electrons. The van der Waals surface area contributed by atoms with Crippen LogP contribution < -0.4 is 10.2 Å². The van der Waals surface area contributed by atoms with Crippen LogP contribution in [0.25, 0.3) is 11.1 Å². The van der Waals surface area contributed by atoms with E-state index in [-0.39, 0.29) is 6.03 Å². The van der Waals surface area contributed by atoms with E-state index in [9.17, 15) is 4.79 Å². The van der Waals surface area contributed by atoms with Gasteiger partial charge in [-0.2, -0.15) is 0 Å². The van der Waals surface area contributed by atoms with E-state index in [0.717, 1.165) is 23.2 Å². The number of aromatic nitrogens is 1. The summed E-state index contributed by atoms with van der Waals surface area (Å²) in [6.45, 7) is 1.76. The average Bonchev–Trinajstić information content (AvgIpc) is 2.99. The molecule has 1 aromatic heterocycles. The summed E-state index contributed by atoms with van der Waals surface area (Å²) in [6, 6.07) is 10.2. The standard InChI is InChI=1S/C17H19N3O2/c1-22-11-9-19-17(21)20-10-6-15-12-14(2-3-16(15)20)13-4-7-18-8-5-13/h2-5,7-8,12H,6,9-11H2,1H3,(H,19,21). The zero-order chi connectivity index (χ0) is 15.4. The number of carbonyl (C=O) groups is 1. The Balaban J connectivity index is 1.77. The molecule has 3 rings (SSSR count). The summed E-state index contributed by atoms with van der Waals surface area (Å²) in [4.78, 5) is 18.0. The minimum atomic E-state index is -0.0625. The molecule has 1 aliphatic heterocycles. The first-order chi connectivity index (χ1) is 10.8. The number of carbonyl (C=O) groups excluding carboxylic acids is 1.